The van der Waals surface area contributed by atoms with E-state index in [0.717, 1.165) is 0 Å². The number of carbonyl (C=O) groups is 1. The molecule has 94 valence electrons. The fraction of sp³-hybridized carbons (Fsp3) is 0.500. The van der Waals surface area contributed by atoms with Crippen LogP contribution in [0.4, 0.5) is 11.6 Å². The van der Waals surface area contributed by atoms with Gasteiger partial charge in [0.05, 0.1) is 6.54 Å². The summed E-state index contributed by atoms with van der Waals surface area (Å²) in [4.78, 5) is 20.5. The summed E-state index contributed by atoms with van der Waals surface area (Å²) in [5.41, 5.74) is 10.8. The van der Waals surface area contributed by atoms with Gasteiger partial charge in [-0.2, -0.15) is 0 Å². The third-order valence-corrected chi connectivity index (χ3v) is 2.39. The highest BCUT2D eigenvalue weighted by Gasteiger charge is 2.17. The second kappa shape index (κ2) is 5.67. The van der Waals surface area contributed by atoms with Crippen LogP contribution >= 0.6 is 11.6 Å². The molecule has 0 aliphatic heterocycles. The van der Waals surface area contributed by atoms with Crippen LogP contribution in [0.25, 0.3) is 0 Å². The summed E-state index contributed by atoms with van der Waals surface area (Å²) < 4.78 is 0. The zero-order chi connectivity index (χ0) is 13.0. The largest absolute Gasteiger partial charge is 0.382 e. The van der Waals surface area contributed by atoms with Crippen LogP contribution in [0, 0.1) is 5.92 Å². The smallest absolute Gasteiger partial charge is 0.236 e. The molecule has 0 radical (unpaired) electrons. The van der Waals surface area contributed by atoms with Gasteiger partial charge in [0.15, 0.2) is 5.82 Å². The minimum Gasteiger partial charge on any atom is -0.382 e. The Balaban J connectivity index is 3.03. The lowest BCUT2D eigenvalue weighted by Crippen LogP contribution is -2.37. The van der Waals surface area contributed by atoms with Crippen LogP contribution < -0.4 is 16.4 Å². The van der Waals surface area contributed by atoms with Crippen molar-refractivity contribution >= 4 is 29.1 Å². The molecule has 0 fully saturated rings. The second-order valence-electron chi connectivity index (χ2n) is 4.14. The fourth-order valence-corrected chi connectivity index (χ4v) is 1.67. The Morgan fingerprint density at radius 3 is 2.71 bits per heavy atom. The van der Waals surface area contributed by atoms with Crippen LogP contribution in [-0.4, -0.2) is 29.0 Å². The van der Waals surface area contributed by atoms with E-state index in [0.29, 0.717) is 18.3 Å². The van der Waals surface area contributed by atoms with Gasteiger partial charge in [-0.05, 0) is 5.92 Å². The lowest BCUT2D eigenvalue weighted by atomic mass is 10.2. The van der Waals surface area contributed by atoms with Gasteiger partial charge in [-0.1, -0.05) is 25.4 Å². The second-order valence-corrected chi connectivity index (χ2v) is 4.52. The number of rotatable bonds is 5. The molecule has 0 aromatic carbocycles. The van der Waals surface area contributed by atoms with Crippen molar-refractivity contribution in [3.05, 3.63) is 11.3 Å². The zero-order valence-electron chi connectivity index (χ0n) is 9.85. The molecule has 4 N–H and O–H groups in total. The number of hydrogen-bond donors (Lipinski definition) is 2. The molecular formula is C10H16ClN5O. The highest BCUT2D eigenvalue weighted by Crippen LogP contribution is 2.27. The van der Waals surface area contributed by atoms with Gasteiger partial charge in [-0.3, -0.25) is 4.79 Å². The van der Waals surface area contributed by atoms with Crippen molar-refractivity contribution in [1.29, 1.82) is 0 Å². The van der Waals surface area contributed by atoms with Crippen molar-refractivity contribution < 1.29 is 4.79 Å². The molecule has 0 atom stereocenters. The zero-order valence-corrected chi connectivity index (χ0v) is 10.6. The maximum atomic E-state index is 11.0. The predicted molar refractivity (Wildman–Crippen MR) is 67.7 cm³/mol. The van der Waals surface area contributed by atoms with Crippen LogP contribution in [-0.2, 0) is 4.79 Å². The van der Waals surface area contributed by atoms with Crippen molar-refractivity contribution in [1.82, 2.24) is 9.97 Å². The van der Waals surface area contributed by atoms with Gasteiger partial charge in [0.1, 0.15) is 17.2 Å². The highest BCUT2D eigenvalue weighted by molar-refractivity contribution is 6.35. The highest BCUT2D eigenvalue weighted by atomic mass is 35.5. The molecule has 1 amide bonds. The Morgan fingerprint density at radius 2 is 2.18 bits per heavy atom. The molecule has 1 aromatic rings. The number of hydrogen-bond acceptors (Lipinski definition) is 5. The first-order valence-electron chi connectivity index (χ1n) is 5.21. The normalized spacial score (nSPS) is 10.6. The van der Waals surface area contributed by atoms with E-state index in [1.807, 2.05) is 13.8 Å². The predicted octanol–water partition coefficient (Wildman–Crippen LogP) is 0.660. The molecular weight excluding hydrogens is 242 g/mol. The van der Waals surface area contributed by atoms with Crippen LogP contribution in [0.5, 0.6) is 0 Å². The third kappa shape index (κ3) is 3.74. The van der Waals surface area contributed by atoms with Crippen molar-refractivity contribution in [2.24, 2.45) is 11.7 Å². The standard InChI is InChI=1S/C10H16ClN5O/c1-6(2)3-16(4-7(12)17)10-8(11)9(13)14-5-15-10/h5-6H,3-4H2,1-2H3,(H2,12,17)(H2,13,14,15). The Labute approximate surface area is 105 Å². The van der Waals surface area contributed by atoms with E-state index in [9.17, 15) is 4.79 Å². The average Bonchev–Trinajstić information content (AvgIpc) is 2.19. The first kappa shape index (κ1) is 13.5. The molecule has 7 heteroatoms. The number of primary amides is 1. The molecule has 0 bridgehead atoms. The number of anilines is 2. The Morgan fingerprint density at radius 1 is 1.53 bits per heavy atom. The maximum Gasteiger partial charge on any atom is 0.236 e. The lowest BCUT2D eigenvalue weighted by molar-refractivity contribution is -0.116. The number of carbonyl (C=O) groups excluding carboxylic acids is 1. The van der Waals surface area contributed by atoms with Gasteiger partial charge in [-0.25, -0.2) is 9.97 Å². The quantitative estimate of drug-likeness (QED) is 0.807. The summed E-state index contributed by atoms with van der Waals surface area (Å²) in [6.07, 6.45) is 1.31. The molecule has 1 heterocycles. The summed E-state index contributed by atoms with van der Waals surface area (Å²) in [6.45, 7) is 4.70. The summed E-state index contributed by atoms with van der Waals surface area (Å²) in [5.74, 6) is 0.516. The van der Waals surface area contributed by atoms with Gasteiger partial charge >= 0.3 is 0 Å². The van der Waals surface area contributed by atoms with Gasteiger partial charge < -0.3 is 16.4 Å². The Hall–Kier alpha value is -1.56. The van der Waals surface area contributed by atoms with Gasteiger partial charge in [0.25, 0.3) is 0 Å². The van der Waals surface area contributed by atoms with E-state index >= 15 is 0 Å². The van der Waals surface area contributed by atoms with Gasteiger partial charge in [0, 0.05) is 6.54 Å². The lowest BCUT2D eigenvalue weighted by Gasteiger charge is -2.24. The fourth-order valence-electron chi connectivity index (χ4n) is 1.45. The maximum absolute atomic E-state index is 11.0. The van der Waals surface area contributed by atoms with E-state index in [4.69, 9.17) is 23.1 Å². The molecule has 0 saturated heterocycles. The van der Waals surface area contributed by atoms with E-state index in [2.05, 4.69) is 9.97 Å². The van der Waals surface area contributed by atoms with E-state index in [1.54, 1.807) is 4.90 Å². The SMILES string of the molecule is CC(C)CN(CC(N)=O)c1ncnc(N)c1Cl. The topological polar surface area (TPSA) is 98.1 Å². The first-order valence-corrected chi connectivity index (χ1v) is 5.58. The summed E-state index contributed by atoms with van der Waals surface area (Å²) in [7, 11) is 0. The minimum absolute atomic E-state index is 0.0500. The minimum atomic E-state index is -0.445. The number of amides is 1. The monoisotopic (exact) mass is 257 g/mol. The molecule has 6 nitrogen and oxygen atoms in total. The van der Waals surface area contributed by atoms with Crippen LogP contribution in [0.15, 0.2) is 6.33 Å². The van der Waals surface area contributed by atoms with E-state index < -0.39 is 5.91 Å². The molecule has 0 saturated carbocycles. The number of halogens is 1. The van der Waals surface area contributed by atoms with Gasteiger partial charge in [0.2, 0.25) is 5.91 Å². The summed E-state index contributed by atoms with van der Waals surface area (Å²) in [5, 5.41) is 0.245. The van der Waals surface area contributed by atoms with Crippen molar-refractivity contribution in [3.63, 3.8) is 0 Å². The first-order chi connectivity index (χ1) is 7.91. The van der Waals surface area contributed by atoms with Crippen molar-refractivity contribution in [3.8, 4) is 0 Å². The summed E-state index contributed by atoms with van der Waals surface area (Å²) in [6, 6.07) is 0. The number of nitrogens with two attached hydrogens (primary N) is 2. The molecule has 0 spiro atoms. The Bertz CT molecular complexity index is 410. The molecule has 0 aliphatic rings. The Kier molecular flexibility index (Phi) is 4.51. The molecule has 0 aliphatic carbocycles. The van der Waals surface area contributed by atoms with Crippen LogP contribution in [0.1, 0.15) is 13.8 Å². The van der Waals surface area contributed by atoms with E-state index in [1.165, 1.54) is 6.33 Å². The van der Waals surface area contributed by atoms with Crippen molar-refractivity contribution in [2.75, 3.05) is 23.7 Å². The van der Waals surface area contributed by atoms with Gasteiger partial charge in [-0.15, -0.1) is 0 Å². The molecule has 0 unspecified atom stereocenters. The number of nitrogen functional groups attached to an aromatic ring is 1. The molecule has 1 aromatic heterocycles. The van der Waals surface area contributed by atoms with Crippen molar-refractivity contribution in [2.45, 2.75) is 13.8 Å². The molecule has 17 heavy (non-hydrogen) atoms. The molecule has 1 rings (SSSR count). The average molecular weight is 258 g/mol. The van der Waals surface area contributed by atoms with Crippen LogP contribution in [0.3, 0.4) is 0 Å². The number of aromatic nitrogens is 2. The van der Waals surface area contributed by atoms with E-state index in [-0.39, 0.29) is 17.4 Å². The van der Waals surface area contributed by atoms with Crippen LogP contribution in [0.2, 0.25) is 5.02 Å². The summed E-state index contributed by atoms with van der Waals surface area (Å²) >= 11 is 6.01. The number of nitrogens with zero attached hydrogens (tertiary/aromatic N) is 3. The third-order valence-electron chi connectivity index (χ3n) is 2.03.